The van der Waals surface area contributed by atoms with E-state index in [2.05, 4.69) is 15.5 Å². The molecule has 7 heteroatoms. The second-order valence-electron chi connectivity index (χ2n) is 3.82. The van der Waals surface area contributed by atoms with Crippen molar-refractivity contribution in [2.24, 2.45) is 0 Å². The molecule has 98 valence electrons. The Labute approximate surface area is 118 Å². The van der Waals surface area contributed by atoms with Crippen LogP contribution in [0.2, 0.25) is 4.34 Å². The monoisotopic (exact) mass is 295 g/mol. The van der Waals surface area contributed by atoms with Crippen LogP contribution in [0.25, 0.3) is 0 Å². The molecule has 0 bridgehead atoms. The van der Waals surface area contributed by atoms with Gasteiger partial charge in [0, 0.05) is 4.88 Å². The highest BCUT2D eigenvalue weighted by Crippen LogP contribution is 2.31. The Bertz CT molecular complexity index is 621. The van der Waals surface area contributed by atoms with Crippen molar-refractivity contribution in [3.05, 3.63) is 57.7 Å². The summed E-state index contributed by atoms with van der Waals surface area (Å²) < 4.78 is 10.9. The third-order valence-corrected chi connectivity index (χ3v) is 3.87. The topological polar surface area (TPSA) is 64.1 Å². The van der Waals surface area contributed by atoms with E-state index in [-0.39, 0.29) is 6.04 Å². The summed E-state index contributed by atoms with van der Waals surface area (Å²) in [6.45, 7) is 0.484. The lowest BCUT2D eigenvalue weighted by molar-refractivity contribution is 0.401. The third kappa shape index (κ3) is 2.86. The minimum Gasteiger partial charge on any atom is -0.467 e. The summed E-state index contributed by atoms with van der Waals surface area (Å²) in [7, 11) is 0. The fourth-order valence-corrected chi connectivity index (χ4v) is 2.89. The van der Waals surface area contributed by atoms with Crippen LogP contribution < -0.4 is 5.32 Å². The van der Waals surface area contributed by atoms with Gasteiger partial charge in [0.15, 0.2) is 5.82 Å². The third-order valence-electron chi connectivity index (χ3n) is 2.58. The van der Waals surface area contributed by atoms with E-state index in [0.29, 0.717) is 12.4 Å². The highest BCUT2D eigenvalue weighted by molar-refractivity contribution is 7.16. The van der Waals surface area contributed by atoms with Crippen LogP contribution in [0.15, 0.2) is 45.9 Å². The molecule has 0 aliphatic carbocycles. The zero-order valence-electron chi connectivity index (χ0n) is 9.75. The molecule has 3 aromatic heterocycles. The highest BCUT2D eigenvalue weighted by Gasteiger charge is 2.19. The standard InChI is InChI=1S/C12H10ClN3O2S/c13-10-4-3-9(19-10)12(8-2-1-5-17-8)14-6-11-15-7-18-16-11/h1-5,7,12,14H,6H2. The first-order valence-corrected chi connectivity index (χ1v) is 6.79. The first kappa shape index (κ1) is 12.4. The lowest BCUT2D eigenvalue weighted by Gasteiger charge is -2.13. The summed E-state index contributed by atoms with van der Waals surface area (Å²) >= 11 is 7.50. The minimum absolute atomic E-state index is 0.0778. The summed E-state index contributed by atoms with van der Waals surface area (Å²) in [4.78, 5) is 5.05. The van der Waals surface area contributed by atoms with E-state index in [1.54, 1.807) is 6.26 Å². The quantitative estimate of drug-likeness (QED) is 0.783. The van der Waals surface area contributed by atoms with Crippen molar-refractivity contribution < 1.29 is 8.94 Å². The van der Waals surface area contributed by atoms with Gasteiger partial charge in [0.25, 0.3) is 0 Å². The van der Waals surface area contributed by atoms with Gasteiger partial charge in [-0.05, 0) is 24.3 Å². The molecule has 0 fully saturated rings. The van der Waals surface area contributed by atoms with E-state index >= 15 is 0 Å². The van der Waals surface area contributed by atoms with Gasteiger partial charge < -0.3 is 8.94 Å². The van der Waals surface area contributed by atoms with E-state index in [1.165, 1.54) is 17.7 Å². The highest BCUT2D eigenvalue weighted by atomic mass is 35.5. The number of thiophene rings is 1. The summed E-state index contributed by atoms with van der Waals surface area (Å²) in [6.07, 6.45) is 2.95. The maximum atomic E-state index is 5.99. The molecule has 0 aliphatic rings. The van der Waals surface area contributed by atoms with E-state index in [4.69, 9.17) is 20.5 Å². The first-order valence-electron chi connectivity index (χ1n) is 5.60. The second kappa shape index (κ2) is 5.56. The van der Waals surface area contributed by atoms with Crippen LogP contribution >= 0.6 is 22.9 Å². The van der Waals surface area contributed by atoms with Crippen molar-refractivity contribution in [1.82, 2.24) is 15.5 Å². The second-order valence-corrected chi connectivity index (χ2v) is 5.57. The summed E-state index contributed by atoms with van der Waals surface area (Å²) in [5, 5.41) is 7.09. The number of hydrogen-bond acceptors (Lipinski definition) is 6. The minimum atomic E-state index is -0.0778. The molecule has 19 heavy (non-hydrogen) atoms. The Hall–Kier alpha value is -1.63. The average molecular weight is 296 g/mol. The predicted molar refractivity (Wildman–Crippen MR) is 71.0 cm³/mol. The SMILES string of the molecule is Clc1ccc(C(NCc2ncon2)c2ccco2)s1. The zero-order valence-corrected chi connectivity index (χ0v) is 11.3. The average Bonchev–Trinajstić information content (AvgIpc) is 3.11. The molecule has 1 atom stereocenters. The molecule has 0 saturated carbocycles. The Morgan fingerprint density at radius 3 is 2.95 bits per heavy atom. The van der Waals surface area contributed by atoms with Gasteiger partial charge in [-0.15, -0.1) is 11.3 Å². The summed E-state index contributed by atoms with van der Waals surface area (Å²) in [5.41, 5.74) is 0. The first-order chi connectivity index (χ1) is 9.33. The van der Waals surface area contributed by atoms with Gasteiger partial charge in [0.05, 0.1) is 17.1 Å². The van der Waals surface area contributed by atoms with E-state index < -0.39 is 0 Å². The largest absolute Gasteiger partial charge is 0.467 e. The Morgan fingerprint density at radius 2 is 2.32 bits per heavy atom. The maximum absolute atomic E-state index is 5.99. The van der Waals surface area contributed by atoms with Gasteiger partial charge in [-0.1, -0.05) is 16.8 Å². The molecule has 5 nitrogen and oxygen atoms in total. The lowest BCUT2D eigenvalue weighted by Crippen LogP contribution is -2.21. The molecule has 1 unspecified atom stereocenters. The number of rotatable bonds is 5. The van der Waals surface area contributed by atoms with Crippen molar-refractivity contribution >= 4 is 22.9 Å². The van der Waals surface area contributed by atoms with Gasteiger partial charge in [-0.2, -0.15) is 4.98 Å². The molecular formula is C12H10ClN3O2S. The Morgan fingerprint density at radius 1 is 1.37 bits per heavy atom. The molecule has 3 aromatic rings. The van der Waals surface area contributed by atoms with Crippen LogP contribution in [0.4, 0.5) is 0 Å². The van der Waals surface area contributed by atoms with E-state index in [0.717, 1.165) is 15.0 Å². The molecule has 0 radical (unpaired) electrons. The van der Waals surface area contributed by atoms with Crippen molar-refractivity contribution in [2.45, 2.75) is 12.6 Å². The van der Waals surface area contributed by atoms with Crippen LogP contribution in [0.3, 0.4) is 0 Å². The van der Waals surface area contributed by atoms with E-state index in [1.807, 2.05) is 24.3 Å². The molecule has 3 heterocycles. The van der Waals surface area contributed by atoms with Gasteiger partial charge in [0.1, 0.15) is 11.8 Å². The number of nitrogens with one attached hydrogen (secondary N) is 1. The molecule has 0 amide bonds. The summed E-state index contributed by atoms with van der Waals surface area (Å²) in [5.74, 6) is 1.42. The Kier molecular flexibility index (Phi) is 3.63. The van der Waals surface area contributed by atoms with Crippen LogP contribution in [0.1, 0.15) is 22.5 Å². The molecule has 0 spiro atoms. The molecule has 0 aromatic carbocycles. The number of halogens is 1. The van der Waals surface area contributed by atoms with E-state index in [9.17, 15) is 0 Å². The van der Waals surface area contributed by atoms with Crippen LogP contribution in [0, 0.1) is 0 Å². The molecule has 0 aliphatic heterocycles. The van der Waals surface area contributed by atoms with Crippen molar-refractivity contribution in [2.75, 3.05) is 0 Å². The Balaban J connectivity index is 1.80. The maximum Gasteiger partial charge on any atom is 0.213 e. The molecule has 0 saturated heterocycles. The van der Waals surface area contributed by atoms with Crippen molar-refractivity contribution in [3.63, 3.8) is 0 Å². The van der Waals surface area contributed by atoms with Crippen molar-refractivity contribution in [3.8, 4) is 0 Å². The van der Waals surface area contributed by atoms with Crippen LogP contribution in [0.5, 0.6) is 0 Å². The van der Waals surface area contributed by atoms with Crippen LogP contribution in [-0.2, 0) is 6.54 Å². The number of aromatic nitrogens is 2. The number of hydrogen-bond donors (Lipinski definition) is 1. The molecular weight excluding hydrogens is 286 g/mol. The van der Waals surface area contributed by atoms with Gasteiger partial charge in [-0.3, -0.25) is 5.32 Å². The smallest absolute Gasteiger partial charge is 0.213 e. The number of nitrogens with zero attached hydrogens (tertiary/aromatic N) is 2. The fraction of sp³-hybridized carbons (Fsp3) is 0.167. The predicted octanol–water partition coefficient (Wildman–Crippen LogP) is 3.26. The molecule has 3 rings (SSSR count). The fourth-order valence-electron chi connectivity index (χ4n) is 1.74. The normalized spacial score (nSPS) is 12.7. The number of furan rings is 1. The summed E-state index contributed by atoms with van der Waals surface area (Å²) in [6, 6.07) is 7.54. The van der Waals surface area contributed by atoms with Gasteiger partial charge in [0.2, 0.25) is 6.39 Å². The van der Waals surface area contributed by atoms with Crippen molar-refractivity contribution in [1.29, 1.82) is 0 Å². The zero-order chi connectivity index (χ0) is 13.1. The van der Waals surface area contributed by atoms with Gasteiger partial charge >= 0.3 is 0 Å². The molecule has 1 N–H and O–H groups in total. The van der Waals surface area contributed by atoms with Gasteiger partial charge in [-0.25, -0.2) is 0 Å². The lowest BCUT2D eigenvalue weighted by atomic mass is 10.2. The van der Waals surface area contributed by atoms with Crippen LogP contribution in [-0.4, -0.2) is 10.1 Å².